The molecule has 0 radical (unpaired) electrons. The molecule has 0 spiro atoms. The highest BCUT2D eigenvalue weighted by Crippen LogP contribution is 2.37. The van der Waals surface area contributed by atoms with Crippen LogP contribution in [0.15, 0.2) is 49.6 Å². The van der Waals surface area contributed by atoms with Gasteiger partial charge < -0.3 is 24.8 Å². The number of carbonyl (C=O) groups is 2. The molecule has 0 aliphatic rings. The van der Waals surface area contributed by atoms with Crippen LogP contribution in [-0.4, -0.2) is 56.3 Å². The Balaban J connectivity index is 0.000000317. The van der Waals surface area contributed by atoms with E-state index in [0.29, 0.717) is 24.5 Å². The monoisotopic (exact) mass is 644 g/mol. The minimum atomic E-state index is -0.741. The Hall–Kier alpha value is -3.57. The van der Waals surface area contributed by atoms with Crippen molar-refractivity contribution in [1.29, 1.82) is 0 Å². The van der Waals surface area contributed by atoms with Crippen molar-refractivity contribution < 1.29 is 28.2 Å². The molecule has 0 amide bonds. The third kappa shape index (κ3) is 8.46. The van der Waals surface area contributed by atoms with E-state index in [0.717, 1.165) is 0 Å². The van der Waals surface area contributed by atoms with Gasteiger partial charge in [0.2, 0.25) is 0 Å². The first kappa shape index (κ1) is 33.6. The lowest BCUT2D eigenvalue weighted by Gasteiger charge is -2.14. The van der Waals surface area contributed by atoms with Gasteiger partial charge in [0, 0.05) is 24.7 Å². The third-order valence-corrected chi connectivity index (χ3v) is 6.30. The summed E-state index contributed by atoms with van der Waals surface area (Å²) in [5.41, 5.74) is 1.03. The number of methoxy groups -OCH3 is 3. The van der Waals surface area contributed by atoms with Crippen molar-refractivity contribution in [3.05, 3.63) is 87.0 Å². The number of benzene rings is 1. The molecule has 0 aliphatic carbocycles. The number of anilines is 2. The molecule has 0 saturated carbocycles. The van der Waals surface area contributed by atoms with E-state index in [1.165, 1.54) is 45.6 Å². The summed E-state index contributed by atoms with van der Waals surface area (Å²) in [6.45, 7) is 8.04. The molecule has 0 aliphatic heterocycles. The summed E-state index contributed by atoms with van der Waals surface area (Å²) in [5.74, 6) is -2.18. The predicted molar refractivity (Wildman–Crippen MR) is 161 cm³/mol. The molecule has 3 aromatic rings. The van der Waals surface area contributed by atoms with Crippen molar-refractivity contribution in [3.8, 4) is 17.0 Å². The highest BCUT2D eigenvalue weighted by atomic mass is 35.5. The minimum absolute atomic E-state index is 0.0109. The maximum atomic E-state index is 14.7. The van der Waals surface area contributed by atoms with E-state index in [2.05, 4.69) is 43.2 Å². The molecule has 0 bridgehead atoms. The highest BCUT2D eigenvalue weighted by molar-refractivity contribution is 6.37. The standard InChI is InChI=1S/C17H15Cl2FN2O3.C10H10Cl2N2O2/c1-4-7-21-12-8-11(22-15(13(12)19)17(23)25-3)9-5-6-10(18)16(24-2)14(9)20;1-3-4-13-6-5-7(11)14-9(8(6)12)10(15)16-2/h4-6,8H,1,7H2,2-3H3,(H,21,22);3,5H,1,4H2,2H3,(H,13,14). The van der Waals surface area contributed by atoms with Gasteiger partial charge in [0.15, 0.2) is 23.0 Å². The molecule has 2 N–H and O–H groups in total. The summed E-state index contributed by atoms with van der Waals surface area (Å²) < 4.78 is 28.9. The van der Waals surface area contributed by atoms with E-state index in [9.17, 15) is 14.0 Å². The molecular weight excluding hydrogens is 621 g/mol. The van der Waals surface area contributed by atoms with Crippen molar-refractivity contribution in [2.45, 2.75) is 0 Å². The average molecular weight is 646 g/mol. The summed E-state index contributed by atoms with van der Waals surface area (Å²) in [7, 11) is 3.76. The van der Waals surface area contributed by atoms with Gasteiger partial charge in [-0.3, -0.25) is 0 Å². The van der Waals surface area contributed by atoms with Gasteiger partial charge in [0.05, 0.1) is 53.5 Å². The quantitative estimate of drug-likeness (QED) is 0.133. The molecule has 14 heteroatoms. The topological polar surface area (TPSA) is 112 Å². The number of nitrogens with zero attached hydrogens (tertiary/aromatic N) is 2. The summed E-state index contributed by atoms with van der Waals surface area (Å²) in [6.07, 6.45) is 3.27. The average Bonchev–Trinajstić information content (AvgIpc) is 2.96. The van der Waals surface area contributed by atoms with Gasteiger partial charge in [-0.1, -0.05) is 58.6 Å². The van der Waals surface area contributed by atoms with Crippen LogP contribution < -0.4 is 15.4 Å². The minimum Gasteiger partial charge on any atom is -0.492 e. The van der Waals surface area contributed by atoms with Crippen LogP contribution in [-0.2, 0) is 9.47 Å². The zero-order valence-corrected chi connectivity index (χ0v) is 25.1. The first-order valence-electron chi connectivity index (χ1n) is 11.5. The summed E-state index contributed by atoms with van der Waals surface area (Å²) in [6, 6.07) is 5.96. The normalized spacial score (nSPS) is 10.0. The molecule has 1 aromatic carbocycles. The number of halogens is 5. The van der Waals surface area contributed by atoms with Crippen LogP contribution in [0.3, 0.4) is 0 Å². The van der Waals surface area contributed by atoms with Crippen molar-refractivity contribution in [3.63, 3.8) is 0 Å². The maximum absolute atomic E-state index is 14.7. The van der Waals surface area contributed by atoms with Crippen molar-refractivity contribution >= 4 is 69.7 Å². The Bertz CT molecular complexity index is 1460. The molecule has 9 nitrogen and oxygen atoms in total. The largest absolute Gasteiger partial charge is 0.492 e. The van der Waals surface area contributed by atoms with E-state index >= 15 is 0 Å². The molecule has 3 rings (SSSR count). The zero-order valence-electron chi connectivity index (χ0n) is 22.1. The van der Waals surface area contributed by atoms with E-state index in [1.54, 1.807) is 12.2 Å². The van der Waals surface area contributed by atoms with Crippen LogP contribution in [0.4, 0.5) is 15.8 Å². The van der Waals surface area contributed by atoms with E-state index in [-0.39, 0.29) is 48.6 Å². The molecule has 218 valence electrons. The fourth-order valence-electron chi connectivity index (χ4n) is 3.17. The van der Waals surface area contributed by atoms with Crippen LogP contribution in [0.25, 0.3) is 11.3 Å². The second-order valence-electron chi connectivity index (χ2n) is 7.64. The Morgan fingerprint density at radius 3 is 1.88 bits per heavy atom. The molecule has 41 heavy (non-hydrogen) atoms. The van der Waals surface area contributed by atoms with Gasteiger partial charge in [-0.25, -0.2) is 23.9 Å². The Labute approximate surface area is 256 Å². The zero-order chi connectivity index (χ0) is 30.7. The smallest absolute Gasteiger partial charge is 0.358 e. The lowest BCUT2D eigenvalue weighted by Crippen LogP contribution is -2.10. The molecule has 0 atom stereocenters. The van der Waals surface area contributed by atoms with Crippen molar-refractivity contribution in [2.75, 3.05) is 45.1 Å². The number of esters is 2. The van der Waals surface area contributed by atoms with Gasteiger partial charge in [-0.05, 0) is 18.2 Å². The van der Waals surface area contributed by atoms with Crippen molar-refractivity contribution in [1.82, 2.24) is 9.97 Å². The summed E-state index contributed by atoms with van der Waals surface area (Å²) >= 11 is 23.8. The Morgan fingerprint density at radius 1 is 0.878 bits per heavy atom. The number of hydrogen-bond donors (Lipinski definition) is 2. The van der Waals surface area contributed by atoms with Gasteiger partial charge >= 0.3 is 11.9 Å². The van der Waals surface area contributed by atoms with Gasteiger partial charge in [-0.15, -0.1) is 13.2 Å². The van der Waals surface area contributed by atoms with Crippen LogP contribution in [0.5, 0.6) is 5.75 Å². The lowest BCUT2D eigenvalue weighted by molar-refractivity contribution is 0.0585. The summed E-state index contributed by atoms with van der Waals surface area (Å²) in [5, 5.41) is 6.45. The van der Waals surface area contributed by atoms with Crippen LogP contribution in [0.1, 0.15) is 21.0 Å². The van der Waals surface area contributed by atoms with Gasteiger partial charge in [0.1, 0.15) is 5.15 Å². The predicted octanol–water partition coefficient (Wildman–Crippen LogP) is 7.36. The number of carbonyl (C=O) groups excluding carboxylic acids is 2. The number of nitrogens with one attached hydrogen (secondary N) is 2. The number of hydrogen-bond acceptors (Lipinski definition) is 9. The number of ether oxygens (including phenoxy) is 3. The molecule has 2 heterocycles. The third-order valence-electron chi connectivity index (χ3n) is 5.04. The Morgan fingerprint density at radius 2 is 1.39 bits per heavy atom. The Kier molecular flexibility index (Phi) is 13.1. The van der Waals surface area contributed by atoms with Gasteiger partial charge in [-0.2, -0.15) is 0 Å². The molecule has 0 unspecified atom stereocenters. The highest BCUT2D eigenvalue weighted by Gasteiger charge is 2.22. The van der Waals surface area contributed by atoms with Crippen LogP contribution >= 0.6 is 46.4 Å². The second-order valence-corrected chi connectivity index (χ2v) is 9.19. The second kappa shape index (κ2) is 16.0. The fourth-order valence-corrected chi connectivity index (χ4v) is 4.07. The number of pyridine rings is 2. The maximum Gasteiger partial charge on any atom is 0.358 e. The first-order chi connectivity index (χ1) is 19.5. The van der Waals surface area contributed by atoms with Crippen LogP contribution in [0.2, 0.25) is 20.2 Å². The summed E-state index contributed by atoms with van der Waals surface area (Å²) in [4.78, 5) is 31.2. The SMILES string of the molecule is C=CCNc1cc(-c2ccc(Cl)c(OC)c2F)nc(C(=O)OC)c1Cl.C=CCNc1cc(Cl)nc(C(=O)OC)c1Cl. The number of rotatable bonds is 10. The molecule has 2 aromatic heterocycles. The fraction of sp³-hybridized carbons (Fsp3) is 0.185. The van der Waals surface area contributed by atoms with E-state index < -0.39 is 17.8 Å². The van der Waals surface area contributed by atoms with Gasteiger partial charge in [0.25, 0.3) is 0 Å². The van der Waals surface area contributed by atoms with Crippen LogP contribution in [0, 0.1) is 5.82 Å². The molecular formula is C27H25Cl4FN4O5. The molecule has 0 fully saturated rings. The first-order valence-corrected chi connectivity index (χ1v) is 13.0. The molecule has 0 saturated heterocycles. The number of aromatic nitrogens is 2. The lowest BCUT2D eigenvalue weighted by atomic mass is 10.1. The van der Waals surface area contributed by atoms with Crippen molar-refractivity contribution in [2.24, 2.45) is 0 Å². The van der Waals surface area contributed by atoms with E-state index in [4.69, 9.17) is 51.1 Å². The van der Waals surface area contributed by atoms with E-state index in [1.807, 2.05) is 0 Å².